The fourth-order valence-corrected chi connectivity index (χ4v) is 2.09. The summed E-state index contributed by atoms with van der Waals surface area (Å²) in [7, 11) is 1.64. The summed E-state index contributed by atoms with van der Waals surface area (Å²) in [6.45, 7) is 2.10. The number of benzene rings is 1. The topological polar surface area (TPSA) is 47.9 Å². The van der Waals surface area contributed by atoms with Gasteiger partial charge in [0.15, 0.2) is 0 Å². The van der Waals surface area contributed by atoms with Crippen LogP contribution in [0.15, 0.2) is 18.2 Å². The Hall–Kier alpha value is -1.10. The van der Waals surface area contributed by atoms with Crippen LogP contribution in [0.2, 0.25) is 0 Å². The van der Waals surface area contributed by atoms with Crippen molar-refractivity contribution in [1.29, 1.82) is 0 Å². The molecule has 4 nitrogen and oxygen atoms in total. The monoisotopic (exact) mass is 252 g/mol. The van der Waals surface area contributed by atoms with E-state index in [0.717, 1.165) is 42.9 Å². The van der Waals surface area contributed by atoms with Gasteiger partial charge in [0.1, 0.15) is 5.75 Å². The van der Waals surface area contributed by atoms with Crippen molar-refractivity contribution in [2.75, 3.05) is 20.3 Å². The molecule has 0 aromatic heterocycles. The van der Waals surface area contributed by atoms with Gasteiger partial charge in [-0.1, -0.05) is 6.07 Å². The molecule has 0 saturated carbocycles. The molecule has 1 fully saturated rings. The van der Waals surface area contributed by atoms with Crippen molar-refractivity contribution < 1.29 is 19.3 Å². The molecular weight excluding hydrogens is 232 g/mol. The summed E-state index contributed by atoms with van der Waals surface area (Å²) in [6, 6.07) is 5.66. The van der Waals surface area contributed by atoms with Gasteiger partial charge in [-0.25, -0.2) is 0 Å². The first kappa shape index (κ1) is 13.3. The second-order valence-electron chi connectivity index (χ2n) is 4.43. The van der Waals surface area contributed by atoms with Gasteiger partial charge >= 0.3 is 0 Å². The van der Waals surface area contributed by atoms with E-state index in [1.54, 1.807) is 7.11 Å². The van der Waals surface area contributed by atoms with Crippen molar-refractivity contribution in [3.05, 3.63) is 29.3 Å². The van der Waals surface area contributed by atoms with Gasteiger partial charge in [-0.3, -0.25) is 0 Å². The molecular formula is C14H20O4. The first-order chi connectivity index (χ1) is 8.83. The number of rotatable bonds is 5. The largest absolute Gasteiger partial charge is 0.496 e. The maximum atomic E-state index is 9.14. The van der Waals surface area contributed by atoms with E-state index in [0.29, 0.717) is 6.61 Å². The number of methoxy groups -OCH3 is 1. The van der Waals surface area contributed by atoms with Crippen LogP contribution in [0.5, 0.6) is 5.75 Å². The fourth-order valence-electron chi connectivity index (χ4n) is 2.09. The minimum Gasteiger partial charge on any atom is -0.496 e. The number of aliphatic hydroxyl groups is 1. The zero-order chi connectivity index (χ0) is 12.8. The lowest BCUT2D eigenvalue weighted by Gasteiger charge is -2.23. The Morgan fingerprint density at radius 3 is 2.78 bits per heavy atom. The van der Waals surface area contributed by atoms with E-state index < -0.39 is 0 Å². The molecule has 1 aliphatic heterocycles. The summed E-state index contributed by atoms with van der Waals surface area (Å²) in [5.74, 6) is 0.805. The van der Waals surface area contributed by atoms with E-state index in [9.17, 15) is 0 Å². The van der Waals surface area contributed by atoms with Crippen LogP contribution in [0.1, 0.15) is 24.0 Å². The molecule has 0 amide bonds. The van der Waals surface area contributed by atoms with Crippen molar-refractivity contribution in [3.63, 3.8) is 0 Å². The van der Waals surface area contributed by atoms with Crippen molar-refractivity contribution in [2.24, 2.45) is 0 Å². The fraction of sp³-hybridized carbons (Fsp3) is 0.571. The van der Waals surface area contributed by atoms with Crippen molar-refractivity contribution >= 4 is 0 Å². The second-order valence-corrected chi connectivity index (χ2v) is 4.43. The third-order valence-electron chi connectivity index (χ3n) is 3.17. The summed E-state index contributed by atoms with van der Waals surface area (Å²) in [5.41, 5.74) is 1.86. The average molecular weight is 252 g/mol. The standard InChI is InChI=1S/C14H20O4/c1-16-14-3-2-11(9-15)8-12(14)10-18-13-4-6-17-7-5-13/h2-3,8,13,15H,4-7,9-10H2,1H3. The molecule has 1 saturated heterocycles. The molecule has 2 rings (SSSR count). The van der Waals surface area contributed by atoms with E-state index in [1.165, 1.54) is 0 Å². The van der Waals surface area contributed by atoms with Gasteiger partial charge in [0, 0.05) is 18.8 Å². The highest BCUT2D eigenvalue weighted by atomic mass is 16.5. The molecule has 1 heterocycles. The Labute approximate surface area is 107 Å². The first-order valence-corrected chi connectivity index (χ1v) is 6.29. The highest BCUT2D eigenvalue weighted by molar-refractivity contribution is 5.36. The zero-order valence-corrected chi connectivity index (χ0v) is 10.7. The van der Waals surface area contributed by atoms with Crippen LogP contribution in [-0.4, -0.2) is 31.5 Å². The van der Waals surface area contributed by atoms with E-state index in [1.807, 2.05) is 18.2 Å². The third-order valence-corrected chi connectivity index (χ3v) is 3.17. The lowest BCUT2D eigenvalue weighted by molar-refractivity contribution is -0.0394. The quantitative estimate of drug-likeness (QED) is 0.869. The molecule has 1 N–H and O–H groups in total. The van der Waals surface area contributed by atoms with E-state index in [4.69, 9.17) is 19.3 Å². The zero-order valence-electron chi connectivity index (χ0n) is 10.7. The normalized spacial score (nSPS) is 16.8. The Kier molecular flexibility index (Phi) is 4.99. The van der Waals surface area contributed by atoms with Crippen LogP contribution in [-0.2, 0) is 22.7 Å². The highest BCUT2D eigenvalue weighted by Gasteiger charge is 2.15. The van der Waals surface area contributed by atoms with Gasteiger partial charge in [-0.2, -0.15) is 0 Å². The van der Waals surface area contributed by atoms with Crippen LogP contribution in [0.3, 0.4) is 0 Å². The molecule has 1 aliphatic rings. The molecule has 1 aromatic rings. The molecule has 0 aliphatic carbocycles. The Morgan fingerprint density at radius 2 is 2.11 bits per heavy atom. The maximum absolute atomic E-state index is 9.14. The van der Waals surface area contributed by atoms with E-state index in [-0.39, 0.29) is 12.7 Å². The lowest BCUT2D eigenvalue weighted by atomic mass is 10.1. The molecule has 0 bridgehead atoms. The van der Waals surface area contributed by atoms with Crippen LogP contribution in [0.4, 0.5) is 0 Å². The molecule has 0 spiro atoms. The van der Waals surface area contributed by atoms with Gasteiger partial charge < -0.3 is 19.3 Å². The number of hydrogen-bond donors (Lipinski definition) is 1. The van der Waals surface area contributed by atoms with Crippen molar-refractivity contribution in [1.82, 2.24) is 0 Å². The SMILES string of the molecule is COc1ccc(CO)cc1COC1CCOCC1. The summed E-state index contributed by atoms with van der Waals surface area (Å²) in [6.07, 6.45) is 2.16. The Morgan fingerprint density at radius 1 is 1.33 bits per heavy atom. The predicted molar refractivity (Wildman–Crippen MR) is 67.5 cm³/mol. The van der Waals surface area contributed by atoms with Gasteiger partial charge in [-0.05, 0) is 30.5 Å². The Bertz CT molecular complexity index is 372. The minimum absolute atomic E-state index is 0.0360. The van der Waals surface area contributed by atoms with Gasteiger partial charge in [0.2, 0.25) is 0 Å². The summed E-state index contributed by atoms with van der Waals surface area (Å²) in [5, 5.41) is 9.14. The van der Waals surface area contributed by atoms with E-state index >= 15 is 0 Å². The smallest absolute Gasteiger partial charge is 0.124 e. The van der Waals surface area contributed by atoms with Gasteiger partial charge in [0.05, 0.1) is 26.4 Å². The molecule has 0 unspecified atom stereocenters. The first-order valence-electron chi connectivity index (χ1n) is 6.29. The molecule has 0 atom stereocenters. The number of hydrogen-bond acceptors (Lipinski definition) is 4. The molecule has 0 radical (unpaired) electrons. The molecule has 100 valence electrons. The summed E-state index contributed by atoms with van der Waals surface area (Å²) in [4.78, 5) is 0. The Balaban J connectivity index is 1.97. The minimum atomic E-state index is 0.0360. The predicted octanol–water partition coefficient (Wildman–Crippen LogP) is 1.88. The average Bonchev–Trinajstić information content (AvgIpc) is 2.45. The number of aliphatic hydroxyl groups excluding tert-OH is 1. The summed E-state index contributed by atoms with van der Waals surface area (Å²) < 4.78 is 16.5. The molecule has 18 heavy (non-hydrogen) atoms. The van der Waals surface area contributed by atoms with Crippen molar-refractivity contribution in [3.8, 4) is 5.75 Å². The van der Waals surface area contributed by atoms with Crippen LogP contribution < -0.4 is 4.74 Å². The molecule has 4 heteroatoms. The van der Waals surface area contributed by atoms with Crippen LogP contribution >= 0.6 is 0 Å². The van der Waals surface area contributed by atoms with Gasteiger partial charge in [0.25, 0.3) is 0 Å². The second kappa shape index (κ2) is 6.73. The van der Waals surface area contributed by atoms with Crippen LogP contribution in [0.25, 0.3) is 0 Å². The molecule has 1 aromatic carbocycles. The van der Waals surface area contributed by atoms with E-state index in [2.05, 4.69) is 0 Å². The highest BCUT2D eigenvalue weighted by Crippen LogP contribution is 2.22. The number of ether oxygens (including phenoxy) is 3. The van der Waals surface area contributed by atoms with Crippen LogP contribution in [0, 0.1) is 0 Å². The van der Waals surface area contributed by atoms with Gasteiger partial charge in [-0.15, -0.1) is 0 Å². The van der Waals surface area contributed by atoms with Crippen molar-refractivity contribution in [2.45, 2.75) is 32.2 Å². The maximum Gasteiger partial charge on any atom is 0.124 e. The third kappa shape index (κ3) is 3.45. The lowest BCUT2D eigenvalue weighted by Crippen LogP contribution is -2.23. The summed E-state index contributed by atoms with van der Waals surface area (Å²) >= 11 is 0.